The van der Waals surface area contributed by atoms with Crippen molar-refractivity contribution in [1.82, 2.24) is 9.97 Å². The van der Waals surface area contributed by atoms with Crippen molar-refractivity contribution >= 4 is 5.97 Å². The Morgan fingerprint density at radius 3 is 2.74 bits per heavy atom. The molecule has 19 heavy (non-hydrogen) atoms. The van der Waals surface area contributed by atoms with Crippen LogP contribution in [0.3, 0.4) is 0 Å². The number of hydrogen-bond donors (Lipinski definition) is 4. The van der Waals surface area contributed by atoms with Crippen LogP contribution in [0.2, 0.25) is 0 Å². The highest BCUT2D eigenvalue weighted by Gasteiger charge is 2.13. The summed E-state index contributed by atoms with van der Waals surface area (Å²) >= 11 is 0. The average Bonchev–Trinajstić information content (AvgIpc) is 2.87. The molecule has 2 rings (SSSR count). The molecule has 0 spiro atoms. The number of aromatic amines is 2. The summed E-state index contributed by atoms with van der Waals surface area (Å²) in [5.74, 6) is -0.974. The van der Waals surface area contributed by atoms with Crippen LogP contribution >= 0.6 is 0 Å². The second-order valence-electron chi connectivity index (χ2n) is 4.97. The number of hydrogen-bond acceptors (Lipinski definition) is 2. The van der Waals surface area contributed by atoms with Crippen molar-refractivity contribution in [3.05, 3.63) is 46.5 Å². The van der Waals surface area contributed by atoms with E-state index in [1.807, 2.05) is 19.2 Å². The second kappa shape index (κ2) is 5.32. The van der Waals surface area contributed by atoms with Crippen molar-refractivity contribution in [2.24, 2.45) is 5.73 Å². The molecule has 1 atom stereocenters. The summed E-state index contributed by atoms with van der Waals surface area (Å²) in [6.07, 6.45) is 2.94. The molecule has 0 aliphatic heterocycles. The van der Waals surface area contributed by atoms with Crippen molar-refractivity contribution in [3.63, 3.8) is 0 Å². The predicted octanol–water partition coefficient (Wildman–Crippen LogP) is 1.50. The fourth-order valence-corrected chi connectivity index (χ4v) is 2.21. The molecule has 0 bridgehead atoms. The fourth-order valence-electron chi connectivity index (χ4n) is 2.21. The highest BCUT2D eigenvalue weighted by Crippen LogP contribution is 2.15. The molecule has 0 aliphatic rings. The van der Waals surface area contributed by atoms with Gasteiger partial charge in [-0.25, -0.2) is 0 Å². The fraction of sp³-hybridized carbons (Fsp3) is 0.357. The van der Waals surface area contributed by atoms with Crippen molar-refractivity contribution in [2.45, 2.75) is 32.7 Å². The van der Waals surface area contributed by atoms with E-state index in [4.69, 9.17) is 10.8 Å². The molecule has 5 nitrogen and oxygen atoms in total. The smallest absolute Gasteiger partial charge is 0.320 e. The van der Waals surface area contributed by atoms with Gasteiger partial charge in [0.2, 0.25) is 0 Å². The molecule has 0 fully saturated rings. The standard InChI is InChI=1S/C14H19N3O2/c1-8-3-9(2)17-13(8)6-11-4-10(7-16-11)5-12(15)14(18)19/h3-4,7,12,16-17H,5-6,15H2,1-2H3,(H,18,19)/t12-/m0/s1. The summed E-state index contributed by atoms with van der Waals surface area (Å²) in [5, 5.41) is 8.78. The third-order valence-corrected chi connectivity index (χ3v) is 3.20. The SMILES string of the molecule is Cc1cc(C)c(Cc2cc(C[C@H](N)C(=O)O)c[nH]2)[nH]1. The Balaban J connectivity index is 2.05. The predicted molar refractivity (Wildman–Crippen MR) is 73.2 cm³/mol. The van der Waals surface area contributed by atoms with Crippen molar-refractivity contribution in [3.8, 4) is 0 Å². The number of rotatable bonds is 5. The lowest BCUT2D eigenvalue weighted by atomic mass is 10.1. The average molecular weight is 261 g/mol. The first-order valence-electron chi connectivity index (χ1n) is 6.25. The number of carboxylic acids is 1. The monoisotopic (exact) mass is 261 g/mol. The molecule has 0 radical (unpaired) electrons. The quantitative estimate of drug-likeness (QED) is 0.657. The van der Waals surface area contributed by atoms with E-state index in [1.54, 1.807) is 0 Å². The normalized spacial score (nSPS) is 12.6. The van der Waals surface area contributed by atoms with Crippen molar-refractivity contribution < 1.29 is 9.90 Å². The van der Waals surface area contributed by atoms with E-state index in [2.05, 4.69) is 23.0 Å². The Labute approximate surface area is 111 Å². The summed E-state index contributed by atoms with van der Waals surface area (Å²) in [4.78, 5) is 17.2. The summed E-state index contributed by atoms with van der Waals surface area (Å²) in [6.45, 7) is 4.10. The number of aromatic nitrogens is 2. The highest BCUT2D eigenvalue weighted by atomic mass is 16.4. The Morgan fingerprint density at radius 2 is 2.16 bits per heavy atom. The van der Waals surface area contributed by atoms with Gasteiger partial charge < -0.3 is 20.8 Å². The van der Waals surface area contributed by atoms with Gasteiger partial charge >= 0.3 is 5.97 Å². The van der Waals surface area contributed by atoms with E-state index >= 15 is 0 Å². The first-order chi connectivity index (χ1) is 8.95. The molecular weight excluding hydrogens is 242 g/mol. The minimum Gasteiger partial charge on any atom is -0.480 e. The van der Waals surface area contributed by atoms with Crippen LogP contribution in [-0.2, 0) is 17.6 Å². The molecule has 5 N–H and O–H groups in total. The van der Waals surface area contributed by atoms with Gasteiger partial charge in [-0.3, -0.25) is 4.79 Å². The Morgan fingerprint density at radius 1 is 1.42 bits per heavy atom. The van der Waals surface area contributed by atoms with Crippen molar-refractivity contribution in [2.75, 3.05) is 0 Å². The molecular formula is C14H19N3O2. The molecule has 0 saturated heterocycles. The largest absolute Gasteiger partial charge is 0.480 e. The van der Waals surface area contributed by atoms with Crippen LogP contribution in [0.1, 0.15) is 28.2 Å². The van der Waals surface area contributed by atoms with Gasteiger partial charge in [0, 0.05) is 29.7 Å². The third kappa shape index (κ3) is 3.26. The van der Waals surface area contributed by atoms with Crippen LogP contribution in [0.15, 0.2) is 18.3 Å². The zero-order chi connectivity index (χ0) is 14.0. The van der Waals surface area contributed by atoms with E-state index in [0.717, 1.165) is 23.4 Å². The zero-order valence-corrected chi connectivity index (χ0v) is 11.2. The number of nitrogens with one attached hydrogen (secondary N) is 2. The molecule has 2 aromatic rings. The first-order valence-corrected chi connectivity index (χ1v) is 6.25. The maximum absolute atomic E-state index is 10.7. The van der Waals surface area contributed by atoms with Crippen molar-refractivity contribution in [1.29, 1.82) is 0 Å². The van der Waals surface area contributed by atoms with Crippen LogP contribution < -0.4 is 5.73 Å². The maximum Gasteiger partial charge on any atom is 0.320 e. The molecule has 2 heterocycles. The Bertz CT molecular complexity index is 583. The van der Waals surface area contributed by atoms with Gasteiger partial charge in [-0.1, -0.05) is 0 Å². The van der Waals surface area contributed by atoms with Crippen LogP contribution in [0.25, 0.3) is 0 Å². The second-order valence-corrected chi connectivity index (χ2v) is 4.97. The lowest BCUT2D eigenvalue weighted by Gasteiger charge is -2.02. The molecule has 2 aromatic heterocycles. The molecule has 0 aliphatic carbocycles. The number of H-pyrrole nitrogens is 2. The van der Waals surface area contributed by atoms with Crippen LogP contribution in [0, 0.1) is 13.8 Å². The zero-order valence-electron chi connectivity index (χ0n) is 11.2. The first kappa shape index (κ1) is 13.4. The topological polar surface area (TPSA) is 94.9 Å². The molecule has 0 unspecified atom stereocenters. The van der Waals surface area contributed by atoms with Gasteiger partial charge in [0.25, 0.3) is 0 Å². The summed E-state index contributed by atoms with van der Waals surface area (Å²) in [6, 6.07) is 3.23. The van der Waals surface area contributed by atoms with Gasteiger partial charge in [-0.2, -0.15) is 0 Å². The third-order valence-electron chi connectivity index (χ3n) is 3.20. The number of aryl methyl sites for hydroxylation is 2. The van der Waals surface area contributed by atoms with Gasteiger partial charge in [0.05, 0.1) is 0 Å². The minimum atomic E-state index is -0.974. The number of nitrogens with two attached hydrogens (primary N) is 1. The van der Waals surface area contributed by atoms with E-state index in [9.17, 15) is 4.79 Å². The van der Waals surface area contributed by atoms with Gasteiger partial charge in [-0.15, -0.1) is 0 Å². The summed E-state index contributed by atoms with van der Waals surface area (Å²) in [5.41, 5.74) is 11.0. The van der Waals surface area contributed by atoms with E-state index in [-0.39, 0.29) is 0 Å². The lowest BCUT2D eigenvalue weighted by Crippen LogP contribution is -2.32. The van der Waals surface area contributed by atoms with Crippen LogP contribution in [-0.4, -0.2) is 27.1 Å². The number of carbonyl (C=O) groups is 1. The minimum absolute atomic E-state index is 0.342. The Hall–Kier alpha value is -2.01. The van der Waals surface area contributed by atoms with Crippen LogP contribution in [0.4, 0.5) is 0 Å². The van der Waals surface area contributed by atoms with Crippen LogP contribution in [0.5, 0.6) is 0 Å². The molecule has 0 amide bonds. The number of aliphatic carboxylic acids is 1. The van der Waals surface area contributed by atoms with Gasteiger partial charge in [0.1, 0.15) is 6.04 Å². The van der Waals surface area contributed by atoms with Gasteiger partial charge in [0.15, 0.2) is 0 Å². The molecule has 0 saturated carbocycles. The molecule has 5 heteroatoms. The Kier molecular flexibility index (Phi) is 3.76. The summed E-state index contributed by atoms with van der Waals surface area (Å²) in [7, 11) is 0. The van der Waals surface area contributed by atoms with E-state index in [1.165, 1.54) is 11.3 Å². The van der Waals surface area contributed by atoms with Gasteiger partial charge in [-0.05, 0) is 43.5 Å². The summed E-state index contributed by atoms with van der Waals surface area (Å²) < 4.78 is 0. The molecule has 0 aromatic carbocycles. The number of carboxylic acid groups (broad SMARTS) is 1. The van der Waals surface area contributed by atoms with E-state index < -0.39 is 12.0 Å². The highest BCUT2D eigenvalue weighted by molar-refractivity contribution is 5.73. The van der Waals surface area contributed by atoms with E-state index in [0.29, 0.717) is 6.42 Å². The molecule has 102 valence electrons. The lowest BCUT2D eigenvalue weighted by molar-refractivity contribution is -0.138. The maximum atomic E-state index is 10.7.